The standard InChI is InChI=1S/C15H20FN3/c1-2-7-19-8-5-13(6-9-19)18-15-4-3-12(11-17)10-14(15)16/h3-4,10,13,18H,2,5-9H2,1H3. The van der Waals surface area contributed by atoms with Gasteiger partial charge < -0.3 is 10.2 Å². The summed E-state index contributed by atoms with van der Waals surface area (Å²) in [5.41, 5.74) is 0.869. The highest BCUT2D eigenvalue weighted by atomic mass is 19.1. The lowest BCUT2D eigenvalue weighted by Gasteiger charge is -2.32. The Morgan fingerprint density at radius 1 is 1.42 bits per heavy atom. The third kappa shape index (κ3) is 3.68. The van der Waals surface area contributed by atoms with Gasteiger partial charge in [-0.15, -0.1) is 0 Å². The summed E-state index contributed by atoms with van der Waals surface area (Å²) in [4.78, 5) is 2.45. The first-order valence-electron chi connectivity index (χ1n) is 6.91. The molecular formula is C15H20FN3. The predicted octanol–water partition coefficient (Wildman–Crippen LogP) is 2.98. The molecule has 1 aliphatic rings. The zero-order valence-electron chi connectivity index (χ0n) is 11.3. The van der Waals surface area contributed by atoms with Crippen molar-refractivity contribution in [3.8, 4) is 6.07 Å². The zero-order chi connectivity index (χ0) is 13.7. The van der Waals surface area contributed by atoms with E-state index in [1.807, 2.05) is 6.07 Å². The van der Waals surface area contributed by atoms with Crippen LogP contribution in [0, 0.1) is 17.1 Å². The first-order valence-corrected chi connectivity index (χ1v) is 6.91. The van der Waals surface area contributed by atoms with Crippen molar-refractivity contribution in [1.29, 1.82) is 5.26 Å². The van der Waals surface area contributed by atoms with E-state index in [-0.39, 0.29) is 5.82 Å². The summed E-state index contributed by atoms with van der Waals surface area (Å²) in [6.07, 6.45) is 3.27. The van der Waals surface area contributed by atoms with Gasteiger partial charge in [-0.1, -0.05) is 6.92 Å². The first kappa shape index (κ1) is 13.8. The Morgan fingerprint density at radius 3 is 2.74 bits per heavy atom. The molecule has 1 aromatic carbocycles. The van der Waals surface area contributed by atoms with Crippen LogP contribution in [0.5, 0.6) is 0 Å². The molecular weight excluding hydrogens is 241 g/mol. The van der Waals surface area contributed by atoms with Gasteiger partial charge in [0.05, 0.1) is 17.3 Å². The van der Waals surface area contributed by atoms with Gasteiger partial charge in [-0.2, -0.15) is 5.26 Å². The molecule has 1 aliphatic heterocycles. The van der Waals surface area contributed by atoms with Crippen LogP contribution < -0.4 is 5.32 Å². The van der Waals surface area contributed by atoms with Crippen molar-refractivity contribution in [2.45, 2.75) is 32.2 Å². The molecule has 0 aromatic heterocycles. The van der Waals surface area contributed by atoms with Gasteiger partial charge >= 0.3 is 0 Å². The number of hydrogen-bond donors (Lipinski definition) is 1. The number of anilines is 1. The number of halogens is 1. The topological polar surface area (TPSA) is 39.1 Å². The molecule has 1 heterocycles. The number of hydrogen-bond acceptors (Lipinski definition) is 3. The van der Waals surface area contributed by atoms with Gasteiger partial charge in [0, 0.05) is 19.1 Å². The normalized spacial score (nSPS) is 17.1. The lowest BCUT2D eigenvalue weighted by Crippen LogP contribution is -2.39. The van der Waals surface area contributed by atoms with Crippen molar-refractivity contribution in [3.63, 3.8) is 0 Å². The summed E-state index contributed by atoms with van der Waals surface area (Å²) in [5, 5.41) is 12.0. The molecule has 0 amide bonds. The number of rotatable bonds is 4. The van der Waals surface area contributed by atoms with Crippen molar-refractivity contribution in [2.75, 3.05) is 25.0 Å². The van der Waals surface area contributed by atoms with Crippen LogP contribution in [-0.4, -0.2) is 30.6 Å². The van der Waals surface area contributed by atoms with Crippen LogP contribution in [0.3, 0.4) is 0 Å². The Hall–Kier alpha value is -1.60. The van der Waals surface area contributed by atoms with Crippen LogP contribution in [-0.2, 0) is 0 Å². The maximum absolute atomic E-state index is 13.8. The van der Waals surface area contributed by atoms with Gasteiger partial charge in [0.15, 0.2) is 0 Å². The molecule has 1 fully saturated rings. The highest BCUT2D eigenvalue weighted by molar-refractivity contribution is 5.49. The molecule has 0 unspecified atom stereocenters. The number of piperidine rings is 1. The first-order chi connectivity index (χ1) is 9.22. The molecule has 1 saturated heterocycles. The van der Waals surface area contributed by atoms with Crippen molar-refractivity contribution in [2.24, 2.45) is 0 Å². The fourth-order valence-electron chi connectivity index (χ4n) is 2.54. The average molecular weight is 261 g/mol. The lowest BCUT2D eigenvalue weighted by atomic mass is 10.0. The third-order valence-electron chi connectivity index (χ3n) is 3.59. The van der Waals surface area contributed by atoms with Crippen molar-refractivity contribution in [1.82, 2.24) is 4.90 Å². The predicted molar refractivity (Wildman–Crippen MR) is 74.5 cm³/mol. The molecule has 102 valence electrons. The Morgan fingerprint density at radius 2 is 2.16 bits per heavy atom. The van der Waals surface area contributed by atoms with E-state index < -0.39 is 0 Å². The van der Waals surface area contributed by atoms with E-state index >= 15 is 0 Å². The second kappa shape index (κ2) is 6.53. The van der Waals surface area contributed by atoms with E-state index in [1.165, 1.54) is 12.5 Å². The molecule has 0 aliphatic carbocycles. The van der Waals surface area contributed by atoms with Crippen molar-refractivity contribution in [3.05, 3.63) is 29.6 Å². The second-order valence-corrected chi connectivity index (χ2v) is 5.07. The van der Waals surface area contributed by atoms with Gasteiger partial charge in [-0.3, -0.25) is 0 Å². The quantitative estimate of drug-likeness (QED) is 0.905. The van der Waals surface area contributed by atoms with Crippen LogP contribution >= 0.6 is 0 Å². The van der Waals surface area contributed by atoms with Crippen LogP contribution in [0.4, 0.5) is 10.1 Å². The van der Waals surface area contributed by atoms with E-state index in [0.717, 1.165) is 32.5 Å². The van der Waals surface area contributed by atoms with E-state index in [0.29, 0.717) is 17.3 Å². The summed E-state index contributed by atoms with van der Waals surface area (Å²) in [6, 6.07) is 6.87. The highest BCUT2D eigenvalue weighted by Crippen LogP contribution is 2.20. The Labute approximate surface area is 114 Å². The fraction of sp³-hybridized carbons (Fsp3) is 0.533. The Bertz CT molecular complexity index is 459. The third-order valence-corrected chi connectivity index (χ3v) is 3.59. The molecule has 2 rings (SSSR count). The zero-order valence-corrected chi connectivity index (χ0v) is 11.3. The fourth-order valence-corrected chi connectivity index (χ4v) is 2.54. The number of nitriles is 1. The van der Waals surface area contributed by atoms with Gasteiger partial charge in [-0.05, 0) is 44.0 Å². The van der Waals surface area contributed by atoms with Crippen LogP contribution in [0.2, 0.25) is 0 Å². The lowest BCUT2D eigenvalue weighted by molar-refractivity contribution is 0.219. The van der Waals surface area contributed by atoms with E-state index in [9.17, 15) is 4.39 Å². The molecule has 0 spiro atoms. The van der Waals surface area contributed by atoms with Crippen LogP contribution in [0.25, 0.3) is 0 Å². The van der Waals surface area contributed by atoms with Crippen molar-refractivity contribution >= 4 is 5.69 Å². The van der Waals surface area contributed by atoms with Gasteiger partial charge in [0.25, 0.3) is 0 Å². The summed E-state index contributed by atoms with van der Waals surface area (Å²) < 4.78 is 13.8. The van der Waals surface area contributed by atoms with Gasteiger partial charge in [0.2, 0.25) is 0 Å². The summed E-state index contributed by atoms with van der Waals surface area (Å²) in [5.74, 6) is -0.338. The van der Waals surface area contributed by atoms with E-state index in [1.54, 1.807) is 12.1 Å². The van der Waals surface area contributed by atoms with Crippen LogP contribution in [0.15, 0.2) is 18.2 Å². The summed E-state index contributed by atoms with van der Waals surface area (Å²) >= 11 is 0. The smallest absolute Gasteiger partial charge is 0.147 e. The molecule has 0 radical (unpaired) electrons. The number of benzene rings is 1. The van der Waals surface area contributed by atoms with Crippen molar-refractivity contribution < 1.29 is 4.39 Å². The summed E-state index contributed by atoms with van der Waals surface area (Å²) in [6.45, 7) is 5.49. The highest BCUT2D eigenvalue weighted by Gasteiger charge is 2.19. The molecule has 0 atom stereocenters. The maximum atomic E-state index is 13.8. The molecule has 1 aromatic rings. The van der Waals surface area contributed by atoms with E-state index in [2.05, 4.69) is 17.1 Å². The molecule has 1 N–H and O–H groups in total. The molecule has 0 bridgehead atoms. The minimum atomic E-state index is -0.338. The minimum absolute atomic E-state index is 0.329. The maximum Gasteiger partial charge on any atom is 0.147 e. The SMILES string of the molecule is CCCN1CCC(Nc2ccc(C#N)cc2F)CC1. The number of nitrogens with one attached hydrogen (secondary N) is 1. The number of likely N-dealkylation sites (tertiary alicyclic amines) is 1. The summed E-state index contributed by atoms with van der Waals surface area (Å²) in [7, 11) is 0. The van der Waals surface area contributed by atoms with Gasteiger partial charge in [-0.25, -0.2) is 4.39 Å². The minimum Gasteiger partial charge on any atom is -0.380 e. The molecule has 3 nitrogen and oxygen atoms in total. The van der Waals surface area contributed by atoms with Gasteiger partial charge in [0.1, 0.15) is 5.82 Å². The average Bonchev–Trinajstić information content (AvgIpc) is 2.43. The molecule has 4 heteroatoms. The molecule has 0 saturated carbocycles. The number of nitrogens with zero attached hydrogens (tertiary/aromatic N) is 2. The Kier molecular flexibility index (Phi) is 4.75. The Balaban J connectivity index is 1.91. The monoisotopic (exact) mass is 261 g/mol. The largest absolute Gasteiger partial charge is 0.380 e. The molecule has 19 heavy (non-hydrogen) atoms. The van der Waals surface area contributed by atoms with E-state index in [4.69, 9.17) is 5.26 Å². The van der Waals surface area contributed by atoms with Crippen LogP contribution in [0.1, 0.15) is 31.7 Å². The second-order valence-electron chi connectivity index (χ2n) is 5.07.